The topological polar surface area (TPSA) is 98.6 Å². The molecule has 15 heteroatoms. The van der Waals surface area contributed by atoms with Crippen LogP contribution in [0.3, 0.4) is 0 Å². The van der Waals surface area contributed by atoms with Gasteiger partial charge in [-0.15, -0.1) is 0 Å². The second-order valence-electron chi connectivity index (χ2n) is 12.0. The molecule has 3 amide bonds. The maximum atomic E-state index is 14.1. The first-order valence-electron chi connectivity index (χ1n) is 15.7. The maximum absolute atomic E-state index is 14.1. The van der Waals surface area contributed by atoms with Gasteiger partial charge in [-0.1, -0.05) is 0 Å². The molecule has 0 saturated carbocycles. The van der Waals surface area contributed by atoms with E-state index in [9.17, 15) is 18.4 Å². The number of amides is 3. The number of rotatable bonds is 9. The third kappa shape index (κ3) is 7.52. The molecule has 2 aromatic carbocycles. The van der Waals surface area contributed by atoms with Crippen LogP contribution in [0.4, 0.5) is 19.3 Å². The van der Waals surface area contributed by atoms with Crippen LogP contribution in [0.25, 0.3) is 11.1 Å². The van der Waals surface area contributed by atoms with Gasteiger partial charge >= 0.3 is 302 Å². The van der Waals surface area contributed by atoms with Gasteiger partial charge in [-0.05, 0) is 0 Å². The number of para-hydroxylation sites is 1. The van der Waals surface area contributed by atoms with Crippen molar-refractivity contribution in [3.63, 3.8) is 0 Å². The van der Waals surface area contributed by atoms with Gasteiger partial charge in [0.25, 0.3) is 0 Å². The fourth-order valence-corrected chi connectivity index (χ4v) is 11.0. The van der Waals surface area contributed by atoms with Crippen molar-refractivity contribution in [1.29, 1.82) is 5.41 Å². The van der Waals surface area contributed by atoms with E-state index in [1.807, 2.05) is 54.5 Å². The van der Waals surface area contributed by atoms with Crippen LogP contribution in [0.15, 0.2) is 46.8 Å². The number of alkyl halides is 2. The van der Waals surface area contributed by atoms with Gasteiger partial charge < -0.3 is 0 Å². The van der Waals surface area contributed by atoms with E-state index in [4.69, 9.17) is 22.0 Å². The van der Waals surface area contributed by atoms with Crippen molar-refractivity contribution in [2.24, 2.45) is 4.99 Å². The van der Waals surface area contributed by atoms with Crippen LogP contribution >= 0.6 is 23.4 Å². The van der Waals surface area contributed by atoms with E-state index < -0.39 is 27.9 Å². The number of fused-ring (bicyclic) bond motifs is 1. The summed E-state index contributed by atoms with van der Waals surface area (Å²) in [4.78, 5) is 40.3. The van der Waals surface area contributed by atoms with Gasteiger partial charge in [0.1, 0.15) is 0 Å². The van der Waals surface area contributed by atoms with Gasteiger partial charge in [0, 0.05) is 0 Å². The summed E-state index contributed by atoms with van der Waals surface area (Å²) in [6.07, 6.45) is 2.26. The fraction of sp³-hybridized carbons (Fsp3) is 0.455. The van der Waals surface area contributed by atoms with E-state index in [0.717, 1.165) is 36.4 Å². The van der Waals surface area contributed by atoms with E-state index in [1.54, 1.807) is 21.6 Å². The molecule has 3 aliphatic heterocycles. The Balaban J connectivity index is 1.61. The second kappa shape index (κ2) is 15.8. The predicted molar refractivity (Wildman–Crippen MR) is 185 cm³/mol. The second-order valence-corrected chi connectivity index (χ2v) is 15.9. The van der Waals surface area contributed by atoms with Crippen molar-refractivity contribution >= 4 is 53.0 Å². The molecule has 2 atom stereocenters. The number of amidine groups is 1. The Labute approximate surface area is 300 Å². The number of thioether (sulfide) groups is 1. The number of anilines is 1. The molecular weight excluding hydrogens is 773 g/mol. The Kier molecular flexibility index (Phi) is 12.0. The molecule has 0 spiro atoms. The number of piperazine rings is 2. The number of halogens is 4. The average molecular weight is 814 g/mol. The van der Waals surface area contributed by atoms with Crippen LogP contribution in [0, 0.1) is 8.98 Å². The molecule has 0 radical (unpaired) electrons. The van der Waals surface area contributed by atoms with Gasteiger partial charge in [0.2, 0.25) is 0 Å². The molecule has 0 aromatic heterocycles. The molecule has 5 rings (SSSR count). The molecule has 3 heterocycles. The summed E-state index contributed by atoms with van der Waals surface area (Å²) in [6, 6.07) is 7.03. The van der Waals surface area contributed by atoms with Crippen molar-refractivity contribution < 1.29 is 39.8 Å². The predicted octanol–water partition coefficient (Wildman–Crippen LogP) is 2.07. The molecule has 0 aliphatic carbocycles. The zero-order valence-corrected chi connectivity index (χ0v) is 31.2. The molecular formula is C33H41ClF2IN8O2S-. The Hall–Kier alpha value is -2.79. The fourth-order valence-electron chi connectivity index (χ4n) is 6.45. The number of carbonyl (C=O) groups is 2. The van der Waals surface area contributed by atoms with Crippen LogP contribution in [0.5, 0.6) is 0 Å². The molecule has 260 valence electrons. The summed E-state index contributed by atoms with van der Waals surface area (Å²) >= 11 is 7.64. The van der Waals surface area contributed by atoms with E-state index in [0.29, 0.717) is 56.8 Å². The third-order valence-electron chi connectivity index (χ3n) is 8.89. The van der Waals surface area contributed by atoms with Crippen LogP contribution in [0.2, 0.25) is 5.02 Å². The zero-order chi connectivity index (χ0) is 34.7. The molecule has 10 nitrogen and oxygen atoms in total. The first-order chi connectivity index (χ1) is 23.0. The summed E-state index contributed by atoms with van der Waals surface area (Å²) in [7, 11) is 1.82. The van der Waals surface area contributed by atoms with Crippen molar-refractivity contribution in [3.05, 3.63) is 56.6 Å². The van der Waals surface area contributed by atoms with Gasteiger partial charge in [-0.25, -0.2) is 0 Å². The summed E-state index contributed by atoms with van der Waals surface area (Å²) in [5, 5.41) is 11.7. The number of hydrogen-bond donors (Lipinski definition) is 2. The van der Waals surface area contributed by atoms with Gasteiger partial charge in [0.15, 0.2) is 0 Å². The number of benzene rings is 2. The van der Waals surface area contributed by atoms with Gasteiger partial charge in [0.05, 0.1) is 0 Å². The normalized spacial score (nSPS) is 21.0. The number of nitrogens with zero attached hydrogens (tertiary/aromatic N) is 6. The average Bonchev–Trinajstić information content (AvgIpc) is 3.20. The molecule has 2 N–H and O–H groups in total. The van der Waals surface area contributed by atoms with Gasteiger partial charge in [-0.3, -0.25) is 0 Å². The molecule has 2 saturated heterocycles. The van der Waals surface area contributed by atoms with Crippen molar-refractivity contribution in [3.8, 4) is 11.1 Å². The van der Waals surface area contributed by atoms with Crippen LogP contribution < -0.4 is 26.8 Å². The van der Waals surface area contributed by atoms with Crippen LogP contribution in [0.1, 0.15) is 25.0 Å². The molecule has 48 heavy (non-hydrogen) atoms. The van der Waals surface area contributed by atoms with Crippen molar-refractivity contribution in [1.82, 2.24) is 22.7 Å². The minimum atomic E-state index is -2.38. The monoisotopic (exact) mass is 813 g/mol. The molecule has 3 aliphatic rings. The summed E-state index contributed by atoms with van der Waals surface area (Å²) in [5.41, 5.74) is 3.99. The Morgan fingerprint density at radius 3 is 2.52 bits per heavy atom. The molecule has 0 bridgehead atoms. The van der Waals surface area contributed by atoms with Crippen LogP contribution in [-0.2, 0) is 4.79 Å². The summed E-state index contributed by atoms with van der Waals surface area (Å²) in [6.45, 7) is 10.8. The molecule has 2 aromatic rings. The van der Waals surface area contributed by atoms with E-state index in [1.165, 1.54) is 12.3 Å². The molecule has 0 unspecified atom stereocenters. The SMILES string of the molecule is C=CC(=O)N1C[C@H](C)N(C2=NC(=O)N(CN3CCN(CC(F)F)CC3)[I-]c3c2cc(Cl)c(-c2cccc(C=N)c2NC)c3SC)C[C@H]1C. The van der Waals surface area contributed by atoms with Crippen molar-refractivity contribution in [2.75, 3.05) is 71.1 Å². The minimum absolute atomic E-state index is 0.135. The first-order valence-corrected chi connectivity index (χ1v) is 19.4. The Morgan fingerprint density at radius 1 is 1.19 bits per heavy atom. The Morgan fingerprint density at radius 2 is 1.90 bits per heavy atom. The third-order valence-corrected chi connectivity index (χ3v) is 13.3. The first kappa shape index (κ1) is 36.5. The standard InChI is InChI=1S/C33H41ClF2IN8O2S/c1-6-27(46)43-16-21(3)44(17-20(43)2)32-24-14-25(34)28(23-9-7-8-22(15-38)30(23)39-4)31(48-5)29(24)37-45(33(47)40-32)19-42-12-10-41(11-13-42)18-26(35)36/h6-9,14-15,20-21,26,38-39H,1,10-13,16-19H2,2-5H3/q-1/t20-,21+/m1/s1. The quantitative estimate of drug-likeness (QED) is 0.132. The van der Waals surface area contributed by atoms with E-state index >= 15 is 0 Å². The number of aliphatic imine (C=N–C) groups is 1. The number of nitrogens with one attached hydrogen (secondary N) is 2. The van der Waals surface area contributed by atoms with Gasteiger partial charge in [-0.2, -0.15) is 0 Å². The van der Waals surface area contributed by atoms with Crippen LogP contribution in [-0.4, -0.2) is 131 Å². The van der Waals surface area contributed by atoms with E-state index in [-0.39, 0.29) is 30.6 Å². The van der Waals surface area contributed by atoms with Crippen molar-refractivity contribution in [2.45, 2.75) is 37.3 Å². The number of carbonyl (C=O) groups excluding carboxylic acids is 2. The number of urea groups is 1. The zero-order valence-electron chi connectivity index (χ0n) is 27.5. The molecule has 2 fully saturated rings. The summed E-state index contributed by atoms with van der Waals surface area (Å²) in [5.74, 6) is 0.402. The number of hydrogen-bond acceptors (Lipinski definition) is 8. The van der Waals surface area contributed by atoms with E-state index in [2.05, 4.69) is 21.7 Å². The Bertz CT molecular complexity index is 1610. The summed E-state index contributed by atoms with van der Waals surface area (Å²) < 4.78 is 28.9.